The van der Waals surface area contributed by atoms with Gasteiger partial charge < -0.3 is 26.2 Å². The number of nitrogens with zero attached hydrogens (tertiary/aromatic N) is 2. The van der Waals surface area contributed by atoms with Crippen LogP contribution in [0.2, 0.25) is 0 Å². The fourth-order valence-corrected chi connectivity index (χ4v) is 4.34. The van der Waals surface area contributed by atoms with Crippen molar-refractivity contribution in [2.75, 3.05) is 47.1 Å². The third-order valence-electron chi connectivity index (χ3n) is 6.23. The second-order valence-electron chi connectivity index (χ2n) is 8.97. The first-order chi connectivity index (χ1) is 17.4. The maximum atomic E-state index is 13.3. The molecular formula is C28H32N6O2. The molecule has 1 fully saturated rings. The molecule has 3 aromatic rings. The van der Waals surface area contributed by atoms with Gasteiger partial charge in [-0.15, -0.1) is 0 Å². The Morgan fingerprint density at radius 2 is 1.67 bits per heavy atom. The molecule has 0 atom stereocenters. The summed E-state index contributed by atoms with van der Waals surface area (Å²) in [5.41, 5.74) is 9.65. The first kappa shape index (κ1) is 24.8. The highest BCUT2D eigenvalue weighted by atomic mass is 16.2. The van der Waals surface area contributed by atoms with Crippen LogP contribution in [0.3, 0.4) is 0 Å². The van der Waals surface area contributed by atoms with Crippen molar-refractivity contribution in [2.24, 2.45) is 5.73 Å². The second kappa shape index (κ2) is 11.4. The van der Waals surface area contributed by atoms with Crippen molar-refractivity contribution in [3.8, 4) is 0 Å². The monoisotopic (exact) mass is 484 g/mol. The van der Waals surface area contributed by atoms with Crippen LogP contribution in [0.25, 0.3) is 0 Å². The van der Waals surface area contributed by atoms with Crippen LogP contribution in [0, 0.1) is 5.41 Å². The molecule has 5 N–H and O–H groups in total. The lowest BCUT2D eigenvalue weighted by Gasteiger charge is -2.30. The highest BCUT2D eigenvalue weighted by Gasteiger charge is 2.20. The molecule has 36 heavy (non-hydrogen) atoms. The van der Waals surface area contributed by atoms with Crippen LogP contribution >= 0.6 is 0 Å². The Kier molecular flexibility index (Phi) is 7.85. The number of carbonyl (C=O) groups excluding carboxylic acids is 2. The molecule has 0 aliphatic carbocycles. The molecule has 8 heteroatoms. The fourth-order valence-electron chi connectivity index (χ4n) is 4.34. The van der Waals surface area contributed by atoms with Gasteiger partial charge in [0, 0.05) is 48.5 Å². The highest BCUT2D eigenvalue weighted by molar-refractivity contribution is 6.09. The van der Waals surface area contributed by atoms with Crippen molar-refractivity contribution in [2.45, 2.75) is 19.3 Å². The van der Waals surface area contributed by atoms with Crippen molar-refractivity contribution in [3.63, 3.8) is 0 Å². The summed E-state index contributed by atoms with van der Waals surface area (Å²) < 4.78 is 0. The summed E-state index contributed by atoms with van der Waals surface area (Å²) in [5.74, 6) is -0.452. The van der Waals surface area contributed by atoms with E-state index >= 15 is 0 Å². The number of amidine groups is 1. The van der Waals surface area contributed by atoms with Gasteiger partial charge in [0.15, 0.2) is 0 Å². The molecule has 1 saturated heterocycles. The summed E-state index contributed by atoms with van der Waals surface area (Å²) in [6, 6.07) is 22.0. The minimum absolute atomic E-state index is 0.0233. The Morgan fingerprint density at radius 1 is 0.917 bits per heavy atom. The molecule has 1 aliphatic heterocycles. The van der Waals surface area contributed by atoms with Gasteiger partial charge in [0.2, 0.25) is 5.91 Å². The van der Waals surface area contributed by atoms with Crippen LogP contribution in [0.4, 0.5) is 22.7 Å². The number of nitrogens with one attached hydrogen (secondary N) is 3. The molecule has 1 aliphatic rings. The van der Waals surface area contributed by atoms with Crippen molar-refractivity contribution < 1.29 is 9.59 Å². The largest absolute Gasteiger partial charge is 0.384 e. The molecule has 2 amide bonds. The second-order valence-corrected chi connectivity index (χ2v) is 8.97. The van der Waals surface area contributed by atoms with Gasteiger partial charge in [-0.2, -0.15) is 0 Å². The summed E-state index contributed by atoms with van der Waals surface area (Å²) in [6.07, 6.45) is 3.38. The number of amides is 2. The first-order valence-electron chi connectivity index (χ1n) is 12.1. The quantitative estimate of drug-likeness (QED) is 0.281. The average molecular weight is 485 g/mol. The number of hydrogen-bond acceptors (Lipinski definition) is 5. The number of hydrogen-bond donors (Lipinski definition) is 4. The van der Waals surface area contributed by atoms with Gasteiger partial charge in [-0.3, -0.25) is 15.0 Å². The summed E-state index contributed by atoms with van der Waals surface area (Å²) >= 11 is 0. The Morgan fingerprint density at radius 3 is 2.39 bits per heavy atom. The van der Waals surface area contributed by atoms with Gasteiger partial charge in [0.25, 0.3) is 5.91 Å². The molecule has 186 valence electrons. The molecule has 3 aromatic carbocycles. The van der Waals surface area contributed by atoms with E-state index in [1.165, 1.54) is 6.42 Å². The predicted molar refractivity (Wildman–Crippen MR) is 146 cm³/mol. The lowest BCUT2D eigenvalue weighted by molar-refractivity contribution is -0.114. The van der Waals surface area contributed by atoms with E-state index in [1.54, 1.807) is 36.2 Å². The Balaban J connectivity index is 1.51. The molecule has 0 aromatic heterocycles. The van der Waals surface area contributed by atoms with E-state index in [0.29, 0.717) is 16.8 Å². The summed E-state index contributed by atoms with van der Waals surface area (Å²) in [5, 5.41) is 13.5. The van der Waals surface area contributed by atoms with E-state index < -0.39 is 0 Å². The first-order valence-corrected chi connectivity index (χ1v) is 12.1. The Bertz CT molecular complexity index is 1240. The van der Waals surface area contributed by atoms with Crippen molar-refractivity contribution >= 4 is 40.4 Å². The van der Waals surface area contributed by atoms with Crippen molar-refractivity contribution in [1.82, 2.24) is 0 Å². The number of likely N-dealkylation sites (N-methyl/N-ethyl adjacent to an activating group) is 1. The highest BCUT2D eigenvalue weighted by Crippen LogP contribution is 2.28. The maximum Gasteiger partial charge on any atom is 0.257 e. The standard InChI is InChI=1S/C28H32N6O2/c1-33(23-12-8-9-20(17-23)27(29)30)19-26(35)31-22-13-14-25(34-15-6-3-7-16-34)24(18-22)28(36)32-21-10-4-2-5-11-21/h2,4-5,8-14,17-18H,3,6-7,15-16,19H2,1H3,(H3,29,30)(H,31,35)(H,32,36). The molecule has 0 saturated carbocycles. The number of benzene rings is 3. The number of nitrogens with two attached hydrogens (primary N) is 1. The van der Waals surface area contributed by atoms with Crippen LogP contribution in [-0.2, 0) is 4.79 Å². The van der Waals surface area contributed by atoms with Crippen LogP contribution in [-0.4, -0.2) is 44.3 Å². The molecule has 1 heterocycles. The zero-order valence-corrected chi connectivity index (χ0v) is 20.5. The van der Waals surface area contributed by atoms with Crippen molar-refractivity contribution in [3.05, 3.63) is 83.9 Å². The van der Waals surface area contributed by atoms with Gasteiger partial charge in [0.1, 0.15) is 5.84 Å². The third-order valence-corrected chi connectivity index (χ3v) is 6.23. The Hall–Kier alpha value is -4.33. The van der Waals surface area contributed by atoms with Crippen LogP contribution in [0.5, 0.6) is 0 Å². The van der Waals surface area contributed by atoms with Crippen molar-refractivity contribution in [1.29, 1.82) is 5.41 Å². The van der Waals surface area contributed by atoms with E-state index in [2.05, 4.69) is 15.5 Å². The number of rotatable bonds is 8. The SMILES string of the molecule is CN(CC(=O)Nc1ccc(N2CCCCC2)c(C(=O)Nc2ccccc2)c1)c1cccc(C(=N)N)c1. The summed E-state index contributed by atoms with van der Waals surface area (Å²) in [7, 11) is 1.80. The molecule has 0 spiro atoms. The minimum atomic E-state index is -0.217. The molecule has 4 rings (SSSR count). The Labute approximate surface area is 211 Å². The van der Waals surface area contributed by atoms with Crippen LogP contribution in [0.15, 0.2) is 72.8 Å². The molecule has 8 nitrogen and oxygen atoms in total. The number of anilines is 4. The zero-order chi connectivity index (χ0) is 25.5. The minimum Gasteiger partial charge on any atom is -0.384 e. The van der Waals surface area contributed by atoms with E-state index in [9.17, 15) is 9.59 Å². The predicted octanol–water partition coefficient (Wildman–Crippen LogP) is 4.29. The van der Waals surface area contributed by atoms with Crippen LogP contribution < -0.4 is 26.2 Å². The smallest absolute Gasteiger partial charge is 0.257 e. The molecular weight excluding hydrogens is 452 g/mol. The van der Waals surface area contributed by atoms with E-state index in [-0.39, 0.29) is 24.2 Å². The lowest BCUT2D eigenvalue weighted by Crippen LogP contribution is -2.32. The van der Waals surface area contributed by atoms with Gasteiger partial charge in [0.05, 0.1) is 12.1 Å². The molecule has 0 bridgehead atoms. The number of para-hydroxylation sites is 1. The van der Waals surface area contributed by atoms with Gasteiger partial charge in [-0.05, 0) is 61.7 Å². The number of carbonyl (C=O) groups is 2. The molecule has 0 unspecified atom stereocenters. The van der Waals surface area contributed by atoms with Gasteiger partial charge >= 0.3 is 0 Å². The topological polar surface area (TPSA) is 115 Å². The van der Waals surface area contributed by atoms with Gasteiger partial charge in [-0.25, -0.2) is 0 Å². The summed E-state index contributed by atoms with van der Waals surface area (Å²) in [4.78, 5) is 30.1. The third kappa shape index (κ3) is 6.21. The average Bonchev–Trinajstić information content (AvgIpc) is 2.89. The van der Waals surface area contributed by atoms with E-state index in [4.69, 9.17) is 11.1 Å². The maximum absolute atomic E-state index is 13.3. The van der Waals surface area contributed by atoms with Crippen LogP contribution in [0.1, 0.15) is 35.2 Å². The number of piperidine rings is 1. The fraction of sp³-hybridized carbons (Fsp3) is 0.250. The van der Waals surface area contributed by atoms with E-state index in [1.807, 2.05) is 48.5 Å². The van der Waals surface area contributed by atoms with Gasteiger partial charge in [-0.1, -0.05) is 30.3 Å². The summed E-state index contributed by atoms with van der Waals surface area (Å²) in [6.45, 7) is 1.91. The molecule has 0 radical (unpaired) electrons. The number of nitrogen functional groups attached to an aromatic ring is 1. The zero-order valence-electron chi connectivity index (χ0n) is 20.5. The van der Waals surface area contributed by atoms with E-state index in [0.717, 1.165) is 43.0 Å². The normalized spacial score (nSPS) is 13.1. The lowest BCUT2D eigenvalue weighted by atomic mass is 10.1.